The second kappa shape index (κ2) is 8.53. The molecule has 30 heavy (non-hydrogen) atoms. The molecule has 9 nitrogen and oxygen atoms in total. The minimum Gasteiger partial charge on any atom is -0.455 e. The number of nitrogens with zero attached hydrogens (tertiary/aromatic N) is 1. The predicted octanol–water partition coefficient (Wildman–Crippen LogP) is 2.65. The summed E-state index contributed by atoms with van der Waals surface area (Å²) in [5.41, 5.74) is -1.65. The Balaban J connectivity index is 2.39. The number of hydrogen-bond acceptors (Lipinski definition) is 8. The fourth-order valence-electron chi connectivity index (χ4n) is 2.99. The van der Waals surface area contributed by atoms with Gasteiger partial charge < -0.3 is 18.9 Å². The van der Waals surface area contributed by atoms with Gasteiger partial charge in [0, 0.05) is 6.42 Å². The van der Waals surface area contributed by atoms with Crippen molar-refractivity contribution in [1.29, 1.82) is 0 Å². The van der Waals surface area contributed by atoms with Crippen molar-refractivity contribution in [3.8, 4) is 0 Å². The first-order valence-electron chi connectivity index (χ1n) is 10.2. The van der Waals surface area contributed by atoms with Crippen LogP contribution in [0.4, 0.5) is 4.79 Å². The molecule has 2 aliphatic heterocycles. The van der Waals surface area contributed by atoms with E-state index < -0.39 is 59.3 Å². The smallest absolute Gasteiger partial charge is 0.419 e. The van der Waals surface area contributed by atoms with E-state index in [0.29, 0.717) is 0 Å². The topological polar surface area (TPSA) is 108 Å². The molecule has 0 N–H and O–H groups in total. The standard InChI is InChI=1S/C21H33NO8/c1-11(2)9-13(23)22-14-15(29-18(25)21(6,7)8)12(28-17(24)20(3,4)5)10-27-16(14)30-19(22)26/h11-12,14-16H,9-10H2,1-8H3/t12-,14+,15-,16+/m1/s1. The number of hydrogen-bond donors (Lipinski definition) is 0. The molecule has 0 saturated carbocycles. The van der Waals surface area contributed by atoms with Crippen LogP contribution in [0.25, 0.3) is 0 Å². The molecule has 0 spiro atoms. The fraction of sp³-hybridized carbons (Fsp3) is 0.810. The van der Waals surface area contributed by atoms with Crippen LogP contribution in [0.5, 0.6) is 0 Å². The molecule has 0 aromatic rings. The third-order valence-electron chi connectivity index (χ3n) is 4.70. The number of rotatable bonds is 4. The van der Waals surface area contributed by atoms with Gasteiger partial charge >= 0.3 is 18.0 Å². The molecular formula is C21H33NO8. The summed E-state index contributed by atoms with van der Waals surface area (Å²) >= 11 is 0. The van der Waals surface area contributed by atoms with Gasteiger partial charge in [0.15, 0.2) is 12.2 Å². The maximum atomic E-state index is 12.8. The number of carbonyl (C=O) groups is 4. The Morgan fingerprint density at radius 3 is 2.07 bits per heavy atom. The Kier molecular flexibility index (Phi) is 6.85. The van der Waals surface area contributed by atoms with E-state index in [1.165, 1.54) is 0 Å². The minimum absolute atomic E-state index is 0.000973. The van der Waals surface area contributed by atoms with Crippen LogP contribution in [0.3, 0.4) is 0 Å². The molecule has 2 fully saturated rings. The van der Waals surface area contributed by atoms with Crippen molar-refractivity contribution in [2.45, 2.75) is 86.4 Å². The first-order valence-corrected chi connectivity index (χ1v) is 10.2. The van der Waals surface area contributed by atoms with Crippen LogP contribution in [0.2, 0.25) is 0 Å². The van der Waals surface area contributed by atoms with Gasteiger partial charge in [0.1, 0.15) is 6.04 Å². The van der Waals surface area contributed by atoms with Crippen molar-refractivity contribution in [2.24, 2.45) is 16.7 Å². The lowest BCUT2D eigenvalue weighted by Gasteiger charge is -2.40. The number of esters is 2. The van der Waals surface area contributed by atoms with E-state index in [1.54, 1.807) is 41.5 Å². The van der Waals surface area contributed by atoms with E-state index >= 15 is 0 Å². The number of ether oxygens (including phenoxy) is 4. The van der Waals surface area contributed by atoms with E-state index in [1.807, 2.05) is 13.8 Å². The third kappa shape index (κ3) is 5.30. The molecule has 0 bridgehead atoms. The van der Waals surface area contributed by atoms with Crippen LogP contribution >= 0.6 is 0 Å². The van der Waals surface area contributed by atoms with Crippen molar-refractivity contribution >= 4 is 23.9 Å². The Hall–Kier alpha value is -2.16. The fourth-order valence-corrected chi connectivity index (χ4v) is 2.99. The average molecular weight is 427 g/mol. The lowest BCUT2D eigenvalue weighted by Crippen LogP contribution is -2.61. The van der Waals surface area contributed by atoms with Crippen LogP contribution in [0.1, 0.15) is 61.8 Å². The van der Waals surface area contributed by atoms with Crippen molar-refractivity contribution in [2.75, 3.05) is 6.61 Å². The summed E-state index contributed by atoms with van der Waals surface area (Å²) in [6.45, 7) is 13.7. The van der Waals surface area contributed by atoms with Crippen LogP contribution in [-0.4, -0.2) is 60.0 Å². The molecule has 0 aliphatic carbocycles. The van der Waals surface area contributed by atoms with Crippen molar-refractivity contribution in [3.63, 3.8) is 0 Å². The summed E-state index contributed by atoms with van der Waals surface area (Å²) in [5.74, 6) is -1.54. The largest absolute Gasteiger partial charge is 0.455 e. The Morgan fingerprint density at radius 1 is 1.03 bits per heavy atom. The molecule has 2 rings (SSSR count). The Bertz CT molecular complexity index is 703. The SMILES string of the molecule is CC(C)CC(=O)N1C(=O)O[C@@H]2OC[C@@H](OC(=O)C(C)(C)C)[C@@H](OC(=O)C(C)(C)C)[C@@H]21. The van der Waals surface area contributed by atoms with Crippen molar-refractivity contribution < 1.29 is 38.1 Å². The van der Waals surface area contributed by atoms with Gasteiger partial charge in [-0.05, 0) is 47.5 Å². The molecule has 0 radical (unpaired) electrons. The molecule has 0 aromatic carbocycles. The number of fused-ring (bicyclic) bond motifs is 1. The van der Waals surface area contributed by atoms with Gasteiger partial charge in [-0.3, -0.25) is 14.4 Å². The van der Waals surface area contributed by atoms with Gasteiger partial charge in [0.05, 0.1) is 17.4 Å². The molecule has 170 valence electrons. The monoisotopic (exact) mass is 427 g/mol. The molecular weight excluding hydrogens is 394 g/mol. The molecule has 2 amide bonds. The number of amides is 2. The maximum Gasteiger partial charge on any atom is 0.419 e. The highest BCUT2D eigenvalue weighted by Gasteiger charge is 2.58. The molecule has 0 aromatic heterocycles. The lowest BCUT2D eigenvalue weighted by atomic mass is 9.95. The summed E-state index contributed by atoms with van der Waals surface area (Å²) in [5, 5.41) is 0. The van der Waals surface area contributed by atoms with Gasteiger partial charge in [-0.2, -0.15) is 0 Å². The molecule has 2 aliphatic rings. The molecule has 4 atom stereocenters. The van der Waals surface area contributed by atoms with Gasteiger partial charge in [-0.1, -0.05) is 13.8 Å². The van der Waals surface area contributed by atoms with E-state index in [4.69, 9.17) is 18.9 Å². The zero-order valence-corrected chi connectivity index (χ0v) is 19.0. The van der Waals surface area contributed by atoms with Gasteiger partial charge in [-0.25, -0.2) is 9.69 Å². The van der Waals surface area contributed by atoms with Gasteiger partial charge in [-0.15, -0.1) is 0 Å². The summed E-state index contributed by atoms with van der Waals surface area (Å²) in [6, 6.07) is -1.04. The minimum atomic E-state index is -1.11. The zero-order chi connectivity index (χ0) is 23.0. The van der Waals surface area contributed by atoms with E-state index in [9.17, 15) is 19.2 Å². The van der Waals surface area contributed by atoms with Crippen LogP contribution < -0.4 is 0 Å². The van der Waals surface area contributed by atoms with Crippen LogP contribution in [0.15, 0.2) is 0 Å². The lowest BCUT2D eigenvalue weighted by molar-refractivity contribution is -0.227. The van der Waals surface area contributed by atoms with Crippen molar-refractivity contribution in [1.82, 2.24) is 4.90 Å². The molecule has 9 heteroatoms. The van der Waals surface area contributed by atoms with E-state index in [2.05, 4.69) is 0 Å². The summed E-state index contributed by atoms with van der Waals surface area (Å²) in [6.07, 6.45) is -3.96. The van der Waals surface area contributed by atoms with Crippen LogP contribution in [0, 0.1) is 16.7 Å². The van der Waals surface area contributed by atoms with Crippen molar-refractivity contribution in [3.05, 3.63) is 0 Å². The second-order valence-corrected chi connectivity index (χ2v) is 10.3. The first-order chi connectivity index (χ1) is 13.6. The van der Waals surface area contributed by atoms with E-state index in [-0.39, 0.29) is 18.9 Å². The van der Waals surface area contributed by atoms with Crippen LogP contribution in [-0.2, 0) is 33.3 Å². The molecule has 2 saturated heterocycles. The van der Waals surface area contributed by atoms with Gasteiger partial charge in [0.25, 0.3) is 0 Å². The highest BCUT2D eigenvalue weighted by atomic mass is 16.7. The summed E-state index contributed by atoms with van der Waals surface area (Å²) in [4.78, 5) is 51.3. The molecule has 2 heterocycles. The number of carbonyl (C=O) groups excluding carboxylic acids is 4. The van der Waals surface area contributed by atoms with E-state index in [0.717, 1.165) is 4.90 Å². The zero-order valence-electron chi connectivity index (χ0n) is 19.0. The average Bonchev–Trinajstić information content (AvgIpc) is 2.90. The second-order valence-electron chi connectivity index (χ2n) is 10.3. The summed E-state index contributed by atoms with van der Waals surface area (Å²) in [7, 11) is 0. The normalized spacial score (nSPS) is 26.8. The third-order valence-corrected chi connectivity index (χ3v) is 4.70. The quantitative estimate of drug-likeness (QED) is 0.498. The first kappa shape index (κ1) is 24.1. The Morgan fingerprint density at radius 2 is 1.57 bits per heavy atom. The highest BCUT2D eigenvalue weighted by molar-refractivity contribution is 5.94. The number of imide groups is 1. The molecule has 0 unspecified atom stereocenters. The summed E-state index contributed by atoms with van der Waals surface area (Å²) < 4.78 is 22.1. The predicted molar refractivity (Wildman–Crippen MR) is 105 cm³/mol. The maximum absolute atomic E-state index is 12.8. The van der Waals surface area contributed by atoms with Gasteiger partial charge in [0.2, 0.25) is 12.2 Å². The highest BCUT2D eigenvalue weighted by Crippen LogP contribution is 2.34. The Labute approximate surface area is 177 Å².